The topological polar surface area (TPSA) is 57.8 Å². The van der Waals surface area contributed by atoms with E-state index in [1.54, 1.807) is 12.4 Å². The van der Waals surface area contributed by atoms with Crippen LogP contribution in [0.15, 0.2) is 67.0 Å². The zero-order valence-electron chi connectivity index (χ0n) is 15.1. The second-order valence-corrected chi connectivity index (χ2v) is 6.44. The van der Waals surface area contributed by atoms with Gasteiger partial charge in [-0.25, -0.2) is 4.98 Å². The lowest BCUT2D eigenvalue weighted by molar-refractivity contribution is -0.121. The summed E-state index contributed by atoms with van der Waals surface area (Å²) >= 11 is 0. The molecule has 0 fully saturated rings. The van der Waals surface area contributed by atoms with Gasteiger partial charge in [0.2, 0.25) is 5.91 Å². The molecule has 0 aliphatic carbocycles. The van der Waals surface area contributed by atoms with E-state index in [2.05, 4.69) is 46.5 Å². The third-order valence-corrected chi connectivity index (χ3v) is 4.56. The number of rotatable bonds is 8. The van der Waals surface area contributed by atoms with Gasteiger partial charge in [-0.15, -0.1) is 0 Å². The first-order chi connectivity index (χ1) is 12.7. The normalized spacial score (nSPS) is 11.9. The van der Waals surface area contributed by atoms with Gasteiger partial charge in [0.1, 0.15) is 5.82 Å². The molecule has 0 saturated heterocycles. The van der Waals surface area contributed by atoms with Crippen LogP contribution in [0.3, 0.4) is 0 Å². The minimum absolute atomic E-state index is 0.0602. The molecule has 0 aliphatic rings. The van der Waals surface area contributed by atoms with Gasteiger partial charge in [-0.3, -0.25) is 4.79 Å². The maximum atomic E-state index is 12.5. The van der Waals surface area contributed by atoms with Crippen LogP contribution in [0, 0.1) is 0 Å². The average molecular weight is 347 g/mol. The molecule has 26 heavy (non-hydrogen) atoms. The van der Waals surface area contributed by atoms with Crippen LogP contribution in [0.4, 0.5) is 0 Å². The summed E-state index contributed by atoms with van der Waals surface area (Å²) < 4.78 is 0. The summed E-state index contributed by atoms with van der Waals surface area (Å²) in [5, 5.41) is 3.17. The number of imidazole rings is 1. The molecule has 1 heterocycles. The fraction of sp³-hybridized carbons (Fsp3) is 0.273. The molecule has 4 heteroatoms. The fourth-order valence-corrected chi connectivity index (χ4v) is 3.01. The van der Waals surface area contributed by atoms with Crippen molar-refractivity contribution in [2.24, 2.45) is 0 Å². The molecule has 134 valence electrons. The van der Waals surface area contributed by atoms with E-state index in [1.165, 1.54) is 11.1 Å². The molecule has 4 nitrogen and oxygen atoms in total. The summed E-state index contributed by atoms with van der Waals surface area (Å²) in [5.74, 6) is 0.930. The third-order valence-electron chi connectivity index (χ3n) is 4.56. The van der Waals surface area contributed by atoms with E-state index in [0.29, 0.717) is 12.8 Å². The van der Waals surface area contributed by atoms with Gasteiger partial charge in [-0.2, -0.15) is 0 Å². The van der Waals surface area contributed by atoms with Crippen molar-refractivity contribution in [1.29, 1.82) is 0 Å². The molecule has 0 spiro atoms. The van der Waals surface area contributed by atoms with Crippen LogP contribution in [-0.4, -0.2) is 15.9 Å². The Labute approximate surface area is 154 Å². The monoisotopic (exact) mass is 347 g/mol. The number of aromatic amines is 1. The van der Waals surface area contributed by atoms with E-state index in [1.807, 2.05) is 30.3 Å². The van der Waals surface area contributed by atoms with Gasteiger partial charge in [0.05, 0.1) is 6.04 Å². The second kappa shape index (κ2) is 8.99. The maximum Gasteiger partial charge on any atom is 0.220 e. The predicted molar refractivity (Wildman–Crippen MR) is 104 cm³/mol. The summed E-state index contributed by atoms with van der Waals surface area (Å²) in [6.07, 6.45) is 6.45. The summed E-state index contributed by atoms with van der Waals surface area (Å²) in [6, 6.07) is 18.5. The van der Waals surface area contributed by atoms with E-state index in [9.17, 15) is 4.79 Å². The van der Waals surface area contributed by atoms with Crippen LogP contribution >= 0.6 is 0 Å². The molecule has 1 aromatic heterocycles. The Morgan fingerprint density at radius 1 is 1.08 bits per heavy atom. The smallest absolute Gasteiger partial charge is 0.220 e. The Bertz CT molecular complexity index is 795. The quantitative estimate of drug-likeness (QED) is 0.647. The zero-order valence-corrected chi connectivity index (χ0v) is 15.1. The van der Waals surface area contributed by atoms with E-state index in [0.717, 1.165) is 24.2 Å². The number of H-pyrrole nitrogens is 1. The molecule has 1 atom stereocenters. The van der Waals surface area contributed by atoms with Crippen molar-refractivity contribution < 1.29 is 4.79 Å². The maximum absolute atomic E-state index is 12.5. The van der Waals surface area contributed by atoms with Gasteiger partial charge >= 0.3 is 0 Å². The highest BCUT2D eigenvalue weighted by Crippen LogP contribution is 2.17. The molecule has 2 N–H and O–H groups in total. The second-order valence-electron chi connectivity index (χ2n) is 6.44. The van der Waals surface area contributed by atoms with Crippen molar-refractivity contribution in [3.8, 4) is 0 Å². The van der Waals surface area contributed by atoms with Crippen LogP contribution in [0.25, 0.3) is 0 Å². The van der Waals surface area contributed by atoms with Crippen LogP contribution in [0.5, 0.6) is 0 Å². The van der Waals surface area contributed by atoms with E-state index >= 15 is 0 Å². The van der Waals surface area contributed by atoms with Crippen molar-refractivity contribution in [1.82, 2.24) is 15.3 Å². The standard InChI is InChI=1S/C22H25N3O/c1-2-17-8-10-18(11-9-17)12-13-22(26)25-20(16-21-23-14-15-24-21)19-6-4-3-5-7-19/h3-11,14-15,20H,2,12-13,16H2,1H3,(H,23,24)(H,25,26). The van der Waals surface area contributed by atoms with Crippen LogP contribution < -0.4 is 5.32 Å². The minimum atomic E-state index is -0.0858. The Kier molecular flexibility index (Phi) is 6.20. The third kappa shape index (κ3) is 5.06. The number of carbonyl (C=O) groups is 1. The minimum Gasteiger partial charge on any atom is -0.349 e. The number of aryl methyl sites for hydroxylation is 2. The molecule has 0 saturated carbocycles. The summed E-state index contributed by atoms with van der Waals surface area (Å²) in [7, 11) is 0. The number of amides is 1. The van der Waals surface area contributed by atoms with Gasteiger partial charge in [-0.1, -0.05) is 61.5 Å². The van der Waals surface area contributed by atoms with Crippen molar-refractivity contribution >= 4 is 5.91 Å². The zero-order chi connectivity index (χ0) is 18.2. The van der Waals surface area contributed by atoms with Crippen LogP contribution in [0.1, 0.15) is 41.9 Å². The first-order valence-electron chi connectivity index (χ1n) is 9.15. The summed E-state index contributed by atoms with van der Waals surface area (Å²) in [5.41, 5.74) is 3.60. The number of hydrogen-bond donors (Lipinski definition) is 2. The van der Waals surface area contributed by atoms with Gasteiger partial charge in [-0.05, 0) is 29.5 Å². The van der Waals surface area contributed by atoms with E-state index in [4.69, 9.17) is 0 Å². The first-order valence-corrected chi connectivity index (χ1v) is 9.15. The van der Waals surface area contributed by atoms with Gasteiger partial charge in [0.15, 0.2) is 0 Å². The van der Waals surface area contributed by atoms with Crippen molar-refractivity contribution in [3.63, 3.8) is 0 Å². The van der Waals surface area contributed by atoms with Crippen LogP contribution in [-0.2, 0) is 24.1 Å². The molecule has 3 rings (SSSR count). The highest BCUT2D eigenvalue weighted by Gasteiger charge is 2.16. The number of aromatic nitrogens is 2. The number of nitrogens with one attached hydrogen (secondary N) is 2. The Hall–Kier alpha value is -2.88. The van der Waals surface area contributed by atoms with Gasteiger partial charge in [0, 0.05) is 25.2 Å². The Balaban J connectivity index is 1.61. The highest BCUT2D eigenvalue weighted by atomic mass is 16.1. The lowest BCUT2D eigenvalue weighted by Crippen LogP contribution is -2.30. The molecule has 2 aromatic carbocycles. The molecule has 0 bridgehead atoms. The SMILES string of the molecule is CCc1ccc(CCC(=O)NC(Cc2ncc[nH]2)c2ccccc2)cc1. The Morgan fingerprint density at radius 2 is 1.81 bits per heavy atom. The summed E-state index contributed by atoms with van der Waals surface area (Å²) in [6.45, 7) is 2.14. The molecule has 1 amide bonds. The lowest BCUT2D eigenvalue weighted by atomic mass is 10.0. The number of carbonyl (C=O) groups excluding carboxylic acids is 1. The largest absolute Gasteiger partial charge is 0.349 e. The molecule has 0 aliphatic heterocycles. The Morgan fingerprint density at radius 3 is 2.46 bits per heavy atom. The molecular weight excluding hydrogens is 322 g/mol. The average Bonchev–Trinajstić information content (AvgIpc) is 3.20. The number of benzene rings is 2. The predicted octanol–water partition coefficient (Wildman–Crippen LogP) is 4.00. The van der Waals surface area contributed by atoms with Gasteiger partial charge in [0.25, 0.3) is 0 Å². The molecule has 0 radical (unpaired) electrons. The summed E-state index contributed by atoms with van der Waals surface area (Å²) in [4.78, 5) is 19.9. The fourth-order valence-electron chi connectivity index (χ4n) is 3.01. The molecule has 1 unspecified atom stereocenters. The number of nitrogens with zero attached hydrogens (tertiary/aromatic N) is 1. The lowest BCUT2D eigenvalue weighted by Gasteiger charge is -2.18. The van der Waals surface area contributed by atoms with Crippen molar-refractivity contribution in [2.75, 3.05) is 0 Å². The molecular formula is C22H25N3O. The first kappa shape index (κ1) is 17.9. The van der Waals surface area contributed by atoms with Gasteiger partial charge < -0.3 is 10.3 Å². The van der Waals surface area contributed by atoms with Crippen molar-refractivity contribution in [3.05, 3.63) is 89.5 Å². The van der Waals surface area contributed by atoms with E-state index in [-0.39, 0.29) is 11.9 Å². The van der Waals surface area contributed by atoms with E-state index < -0.39 is 0 Å². The molecule has 3 aromatic rings. The highest BCUT2D eigenvalue weighted by molar-refractivity contribution is 5.76. The number of hydrogen-bond acceptors (Lipinski definition) is 2. The van der Waals surface area contributed by atoms with Crippen LogP contribution in [0.2, 0.25) is 0 Å². The van der Waals surface area contributed by atoms with Crippen molar-refractivity contribution in [2.45, 2.75) is 38.6 Å².